The van der Waals surface area contributed by atoms with Crippen LogP contribution in [0.5, 0.6) is 5.75 Å². The minimum Gasteiger partial charge on any atom is -0.462 e. The number of hydrogen-bond donors (Lipinski definition) is 2. The van der Waals surface area contributed by atoms with Gasteiger partial charge >= 0.3 is 19.4 Å². The number of benzene rings is 1. The number of alkyl halides is 1. The van der Waals surface area contributed by atoms with Crippen LogP contribution in [0.25, 0.3) is 0 Å². The molecule has 0 bridgehead atoms. The molecule has 0 saturated carbocycles. The van der Waals surface area contributed by atoms with Crippen LogP contribution in [0.2, 0.25) is 0 Å². The van der Waals surface area contributed by atoms with Gasteiger partial charge in [-0.05, 0) is 39.8 Å². The number of aromatic nitrogens is 2. The molecular weight excluding hydrogens is 489 g/mol. The highest BCUT2D eigenvalue weighted by molar-refractivity contribution is 7.52. The molecule has 5 atom stereocenters. The minimum absolute atomic E-state index is 0.148. The second-order valence-electron chi connectivity index (χ2n) is 8.19. The summed E-state index contributed by atoms with van der Waals surface area (Å²) in [7, 11) is -4.22. The Bertz CT molecular complexity index is 1170. The third-order valence-corrected chi connectivity index (χ3v) is 7.03. The summed E-state index contributed by atoms with van der Waals surface area (Å²) in [6.45, 7) is 6.23. The van der Waals surface area contributed by atoms with Crippen LogP contribution in [0, 0.1) is 0 Å². The predicted octanol–water partition coefficient (Wildman–Crippen LogP) is 2.56. The molecule has 0 aliphatic carbocycles. The van der Waals surface area contributed by atoms with Gasteiger partial charge in [0.1, 0.15) is 22.8 Å². The van der Waals surface area contributed by atoms with Crippen LogP contribution in [-0.4, -0.2) is 45.3 Å². The predicted molar refractivity (Wildman–Crippen MR) is 124 cm³/mol. The van der Waals surface area contributed by atoms with Gasteiger partial charge in [-0.15, -0.1) is 11.6 Å². The average molecular weight is 516 g/mol. The molecule has 186 valence electrons. The summed E-state index contributed by atoms with van der Waals surface area (Å²) < 4.78 is 37.2. The smallest absolute Gasteiger partial charge is 0.459 e. The molecule has 2 N–H and O–H groups in total. The molecule has 13 heteroatoms. The van der Waals surface area contributed by atoms with Crippen molar-refractivity contribution in [2.24, 2.45) is 0 Å². The van der Waals surface area contributed by atoms with Gasteiger partial charge in [-0.25, -0.2) is 9.36 Å². The highest BCUT2D eigenvalue weighted by Gasteiger charge is 2.52. The number of nitrogens with one attached hydrogen (secondary N) is 2. The number of halogens is 1. The highest BCUT2D eigenvalue weighted by atomic mass is 35.5. The third kappa shape index (κ3) is 6.17. The quantitative estimate of drug-likeness (QED) is 0.293. The van der Waals surface area contributed by atoms with Gasteiger partial charge in [0.05, 0.1) is 12.7 Å². The largest absolute Gasteiger partial charge is 0.462 e. The van der Waals surface area contributed by atoms with E-state index >= 15 is 0 Å². The van der Waals surface area contributed by atoms with Gasteiger partial charge < -0.3 is 14.0 Å². The molecule has 1 fully saturated rings. The van der Waals surface area contributed by atoms with Crippen molar-refractivity contribution in [2.75, 3.05) is 6.61 Å². The molecule has 0 amide bonds. The molecule has 0 spiro atoms. The molecule has 2 aromatic rings. The van der Waals surface area contributed by atoms with Crippen LogP contribution in [0.1, 0.15) is 33.9 Å². The SMILES string of the molecule is CC(C)OC(=O)[C@H](C)NP(=O)(Oc1ccccc1)O[C@@H]1CO[C@@H](n2ccc(=O)[nH]c2=O)[C@]1(C)Cl. The number of rotatable bonds is 9. The normalized spacial score (nSPS) is 25.0. The van der Waals surface area contributed by atoms with Crippen LogP contribution >= 0.6 is 19.3 Å². The Morgan fingerprint density at radius 2 is 1.94 bits per heavy atom. The lowest BCUT2D eigenvalue weighted by molar-refractivity contribution is -0.149. The van der Waals surface area contributed by atoms with Crippen molar-refractivity contribution in [3.63, 3.8) is 0 Å². The van der Waals surface area contributed by atoms with Crippen molar-refractivity contribution in [1.29, 1.82) is 0 Å². The molecule has 1 aliphatic heterocycles. The van der Waals surface area contributed by atoms with E-state index in [0.717, 1.165) is 10.6 Å². The Morgan fingerprint density at radius 1 is 1.26 bits per heavy atom. The lowest BCUT2D eigenvalue weighted by Gasteiger charge is -2.31. The molecule has 2 heterocycles. The van der Waals surface area contributed by atoms with E-state index in [1.807, 2.05) is 0 Å². The van der Waals surface area contributed by atoms with Crippen LogP contribution in [0.15, 0.2) is 52.2 Å². The van der Waals surface area contributed by atoms with Gasteiger partial charge in [0.25, 0.3) is 5.56 Å². The molecule has 3 rings (SSSR count). The van der Waals surface area contributed by atoms with Crippen molar-refractivity contribution >= 4 is 25.3 Å². The first-order chi connectivity index (χ1) is 15.9. The summed E-state index contributed by atoms with van der Waals surface area (Å²) in [5.41, 5.74) is -1.30. The maximum absolute atomic E-state index is 13.8. The summed E-state index contributed by atoms with van der Waals surface area (Å²) in [5.74, 6) is -0.421. The van der Waals surface area contributed by atoms with Gasteiger partial charge in [-0.1, -0.05) is 18.2 Å². The lowest BCUT2D eigenvalue weighted by Crippen LogP contribution is -2.44. The number of para-hydroxylation sites is 1. The number of nitrogens with zero attached hydrogens (tertiary/aromatic N) is 1. The molecule has 1 aromatic carbocycles. The highest BCUT2D eigenvalue weighted by Crippen LogP contribution is 2.51. The van der Waals surface area contributed by atoms with Gasteiger partial charge in [0.2, 0.25) is 0 Å². The number of aromatic amines is 1. The Labute approximate surface area is 200 Å². The molecule has 1 aromatic heterocycles. The van der Waals surface area contributed by atoms with Crippen molar-refractivity contribution in [1.82, 2.24) is 14.6 Å². The van der Waals surface area contributed by atoms with Crippen LogP contribution in [-0.2, 0) is 23.4 Å². The number of ether oxygens (including phenoxy) is 2. The molecule has 1 saturated heterocycles. The minimum atomic E-state index is -4.22. The fraction of sp³-hybridized carbons (Fsp3) is 0.476. The zero-order chi connectivity index (χ0) is 25.1. The first-order valence-corrected chi connectivity index (χ1v) is 12.5. The number of carbonyl (C=O) groups excluding carboxylic acids is 1. The van der Waals surface area contributed by atoms with Gasteiger partial charge in [-0.2, -0.15) is 5.09 Å². The number of hydrogen-bond acceptors (Lipinski definition) is 8. The van der Waals surface area contributed by atoms with E-state index in [1.54, 1.807) is 44.2 Å². The van der Waals surface area contributed by atoms with Gasteiger partial charge in [0.15, 0.2) is 6.23 Å². The molecule has 34 heavy (non-hydrogen) atoms. The van der Waals surface area contributed by atoms with E-state index in [9.17, 15) is 18.9 Å². The first kappa shape index (κ1) is 26.2. The standard InChI is InChI=1S/C21H27ClN3O8P/c1-13(2)31-18(27)14(3)24-34(29,32-15-8-6-5-7-9-15)33-16-12-30-19(21(16,4)22)25-11-10-17(26)23-20(25)28/h5-11,13-14,16,19H,12H2,1-4H3,(H,24,29)(H,23,26,28)/t14-,16+,19+,21+,34?/m0/s1. The molecule has 0 radical (unpaired) electrons. The maximum Gasteiger partial charge on any atom is 0.459 e. The maximum atomic E-state index is 13.8. The Kier molecular flexibility index (Phi) is 8.05. The second kappa shape index (κ2) is 10.5. The second-order valence-corrected chi connectivity index (χ2v) is 10.6. The monoisotopic (exact) mass is 515 g/mol. The summed E-state index contributed by atoms with van der Waals surface area (Å²) in [6, 6.07) is 8.36. The lowest BCUT2D eigenvalue weighted by atomic mass is 10.1. The van der Waals surface area contributed by atoms with Gasteiger partial charge in [-0.3, -0.25) is 23.7 Å². The van der Waals surface area contributed by atoms with Crippen LogP contribution in [0.4, 0.5) is 0 Å². The molecule has 1 unspecified atom stereocenters. The number of H-pyrrole nitrogens is 1. The zero-order valence-corrected chi connectivity index (χ0v) is 20.7. The topological polar surface area (TPSA) is 138 Å². The van der Waals surface area contributed by atoms with Crippen molar-refractivity contribution < 1.29 is 27.9 Å². The van der Waals surface area contributed by atoms with E-state index in [0.29, 0.717) is 0 Å². The third-order valence-electron chi connectivity index (χ3n) is 4.91. The summed E-state index contributed by atoms with van der Waals surface area (Å²) in [5, 5.41) is 2.59. The fourth-order valence-corrected chi connectivity index (χ4v) is 5.34. The Balaban J connectivity index is 1.86. The van der Waals surface area contributed by atoms with E-state index in [4.69, 9.17) is 30.1 Å². The zero-order valence-electron chi connectivity index (χ0n) is 19.1. The summed E-state index contributed by atoms with van der Waals surface area (Å²) in [6.07, 6.45) is -1.21. The Morgan fingerprint density at radius 3 is 2.56 bits per heavy atom. The van der Waals surface area contributed by atoms with Gasteiger partial charge in [0, 0.05) is 12.3 Å². The van der Waals surface area contributed by atoms with E-state index in [-0.39, 0.29) is 18.5 Å². The van der Waals surface area contributed by atoms with Crippen LogP contribution in [0.3, 0.4) is 0 Å². The number of carbonyl (C=O) groups is 1. The average Bonchev–Trinajstić information content (AvgIpc) is 3.01. The molecular formula is C21H27ClN3O8P. The Hall–Kier alpha value is -2.43. The molecule has 11 nitrogen and oxygen atoms in total. The van der Waals surface area contributed by atoms with Crippen molar-refractivity contribution in [3.8, 4) is 5.75 Å². The van der Waals surface area contributed by atoms with E-state index in [1.165, 1.54) is 20.0 Å². The number of esters is 1. The first-order valence-electron chi connectivity index (χ1n) is 10.5. The van der Waals surface area contributed by atoms with Crippen molar-refractivity contribution in [3.05, 3.63) is 63.4 Å². The summed E-state index contributed by atoms with van der Waals surface area (Å²) >= 11 is 6.73. The fourth-order valence-electron chi connectivity index (χ4n) is 3.25. The van der Waals surface area contributed by atoms with E-state index < -0.39 is 48.2 Å². The molecule has 1 aliphatic rings. The summed E-state index contributed by atoms with van der Waals surface area (Å²) in [4.78, 5) is 36.7. The van der Waals surface area contributed by atoms with E-state index in [2.05, 4.69) is 10.1 Å². The van der Waals surface area contributed by atoms with Crippen LogP contribution < -0.4 is 20.9 Å². The van der Waals surface area contributed by atoms with Crippen molar-refractivity contribution in [2.45, 2.75) is 57.0 Å².